The van der Waals surface area contributed by atoms with Crippen molar-refractivity contribution < 1.29 is 14.3 Å². The molecule has 0 spiro atoms. The van der Waals surface area contributed by atoms with E-state index in [1.807, 2.05) is 12.1 Å². The third-order valence-electron chi connectivity index (χ3n) is 1.95. The van der Waals surface area contributed by atoms with E-state index in [1.165, 1.54) is 6.92 Å². The van der Waals surface area contributed by atoms with Crippen molar-refractivity contribution in [3.05, 3.63) is 24.3 Å². The molecule has 1 rings (SSSR count). The second kappa shape index (κ2) is 7.65. The Kier molecular flexibility index (Phi) is 6.06. The lowest BCUT2D eigenvalue weighted by Gasteiger charge is -2.11. The number of benzene rings is 1. The molecule has 0 bridgehead atoms. The topological polar surface area (TPSA) is 73.6 Å². The van der Waals surface area contributed by atoms with Crippen LogP contribution < -0.4 is 15.8 Å². The summed E-state index contributed by atoms with van der Waals surface area (Å²) in [4.78, 5) is 11.0. The van der Waals surface area contributed by atoms with Gasteiger partial charge in [0.2, 0.25) is 5.91 Å². The maximum Gasteiger partial charge on any atom is 0.221 e. The standard InChI is InChI=1S/C12H18N2O3/c1-10(15)14-11-4-2-3-5-12(11)17-9-8-16-7-6-13/h2-5H,6-9,13H2,1H3,(H,14,15). The molecule has 0 atom stereocenters. The Morgan fingerprint density at radius 1 is 1.29 bits per heavy atom. The van der Waals surface area contributed by atoms with Crippen molar-refractivity contribution in [3.8, 4) is 5.75 Å². The molecular weight excluding hydrogens is 220 g/mol. The summed E-state index contributed by atoms with van der Waals surface area (Å²) in [6.45, 7) is 3.39. The number of nitrogens with one attached hydrogen (secondary N) is 1. The van der Waals surface area contributed by atoms with Crippen LogP contribution in [0.5, 0.6) is 5.75 Å². The zero-order valence-corrected chi connectivity index (χ0v) is 9.94. The fraction of sp³-hybridized carbons (Fsp3) is 0.417. The highest BCUT2D eigenvalue weighted by atomic mass is 16.5. The zero-order valence-electron chi connectivity index (χ0n) is 9.94. The van der Waals surface area contributed by atoms with Gasteiger partial charge in [0.1, 0.15) is 12.4 Å². The van der Waals surface area contributed by atoms with Gasteiger partial charge in [-0.05, 0) is 12.1 Å². The van der Waals surface area contributed by atoms with Crippen LogP contribution in [0.1, 0.15) is 6.92 Å². The van der Waals surface area contributed by atoms with E-state index in [0.29, 0.717) is 37.8 Å². The molecule has 5 nitrogen and oxygen atoms in total. The number of carbonyl (C=O) groups excluding carboxylic acids is 1. The second-order valence-electron chi connectivity index (χ2n) is 3.43. The van der Waals surface area contributed by atoms with E-state index in [4.69, 9.17) is 15.2 Å². The summed E-state index contributed by atoms with van der Waals surface area (Å²) < 4.78 is 10.7. The van der Waals surface area contributed by atoms with Crippen LogP contribution in [0, 0.1) is 0 Å². The largest absolute Gasteiger partial charge is 0.489 e. The van der Waals surface area contributed by atoms with E-state index in [1.54, 1.807) is 12.1 Å². The molecule has 0 unspecified atom stereocenters. The van der Waals surface area contributed by atoms with Crippen LogP contribution in [0.2, 0.25) is 0 Å². The van der Waals surface area contributed by atoms with Crippen LogP contribution in [-0.2, 0) is 9.53 Å². The van der Waals surface area contributed by atoms with Crippen LogP contribution in [0.4, 0.5) is 5.69 Å². The molecule has 0 fully saturated rings. The average molecular weight is 238 g/mol. The summed E-state index contributed by atoms with van der Waals surface area (Å²) in [5, 5.41) is 2.70. The number of hydrogen-bond acceptors (Lipinski definition) is 4. The Hall–Kier alpha value is -1.59. The van der Waals surface area contributed by atoms with Crippen LogP contribution in [0.3, 0.4) is 0 Å². The first-order valence-corrected chi connectivity index (χ1v) is 5.51. The van der Waals surface area contributed by atoms with Gasteiger partial charge in [0.05, 0.1) is 18.9 Å². The van der Waals surface area contributed by atoms with Gasteiger partial charge in [-0.1, -0.05) is 12.1 Å². The Labute approximate surface area is 101 Å². The highest BCUT2D eigenvalue weighted by Crippen LogP contribution is 2.23. The average Bonchev–Trinajstić information content (AvgIpc) is 2.30. The molecule has 0 saturated carbocycles. The van der Waals surface area contributed by atoms with Gasteiger partial charge < -0.3 is 20.5 Å². The third-order valence-corrected chi connectivity index (χ3v) is 1.95. The predicted molar refractivity (Wildman–Crippen MR) is 66.1 cm³/mol. The zero-order chi connectivity index (χ0) is 12.5. The lowest BCUT2D eigenvalue weighted by molar-refractivity contribution is -0.114. The summed E-state index contributed by atoms with van der Waals surface area (Å²) in [5.41, 5.74) is 5.95. The molecule has 0 aliphatic heterocycles. The van der Waals surface area contributed by atoms with Gasteiger partial charge in [0.25, 0.3) is 0 Å². The van der Waals surface area contributed by atoms with Gasteiger partial charge in [-0.25, -0.2) is 0 Å². The van der Waals surface area contributed by atoms with Gasteiger partial charge in [0, 0.05) is 13.5 Å². The first-order chi connectivity index (χ1) is 8.24. The van der Waals surface area contributed by atoms with Crippen LogP contribution in [0.25, 0.3) is 0 Å². The van der Waals surface area contributed by atoms with E-state index < -0.39 is 0 Å². The maximum atomic E-state index is 11.0. The second-order valence-corrected chi connectivity index (χ2v) is 3.43. The third kappa shape index (κ3) is 5.33. The Bertz CT molecular complexity index is 355. The molecule has 17 heavy (non-hydrogen) atoms. The summed E-state index contributed by atoms with van der Waals surface area (Å²) in [7, 11) is 0. The minimum atomic E-state index is -0.125. The fourth-order valence-electron chi connectivity index (χ4n) is 1.28. The quantitative estimate of drug-likeness (QED) is 0.695. The molecule has 5 heteroatoms. The minimum Gasteiger partial charge on any atom is -0.489 e. The number of hydrogen-bond donors (Lipinski definition) is 2. The van der Waals surface area contributed by atoms with E-state index >= 15 is 0 Å². The Morgan fingerprint density at radius 3 is 2.76 bits per heavy atom. The lowest BCUT2D eigenvalue weighted by atomic mass is 10.3. The number of ether oxygens (including phenoxy) is 2. The number of para-hydroxylation sites is 2. The highest BCUT2D eigenvalue weighted by molar-refractivity contribution is 5.90. The first kappa shape index (κ1) is 13.5. The molecule has 0 radical (unpaired) electrons. The highest BCUT2D eigenvalue weighted by Gasteiger charge is 2.03. The van der Waals surface area contributed by atoms with Crippen molar-refractivity contribution in [3.63, 3.8) is 0 Å². The molecule has 1 aromatic rings. The molecule has 0 saturated heterocycles. The molecular formula is C12H18N2O3. The van der Waals surface area contributed by atoms with Gasteiger partial charge in [-0.15, -0.1) is 0 Å². The first-order valence-electron chi connectivity index (χ1n) is 5.51. The van der Waals surface area contributed by atoms with Gasteiger partial charge in [0.15, 0.2) is 0 Å². The van der Waals surface area contributed by atoms with Crippen molar-refractivity contribution in [1.29, 1.82) is 0 Å². The Morgan fingerprint density at radius 2 is 2.06 bits per heavy atom. The van der Waals surface area contributed by atoms with Crippen LogP contribution >= 0.6 is 0 Å². The van der Waals surface area contributed by atoms with E-state index in [9.17, 15) is 4.79 Å². The van der Waals surface area contributed by atoms with E-state index in [-0.39, 0.29) is 5.91 Å². The van der Waals surface area contributed by atoms with Crippen molar-refractivity contribution in [1.82, 2.24) is 0 Å². The predicted octanol–water partition coefficient (Wildman–Crippen LogP) is 0.999. The van der Waals surface area contributed by atoms with E-state index in [2.05, 4.69) is 5.32 Å². The molecule has 3 N–H and O–H groups in total. The van der Waals surface area contributed by atoms with Crippen molar-refractivity contribution in [2.24, 2.45) is 5.73 Å². The minimum absolute atomic E-state index is 0.125. The maximum absolute atomic E-state index is 11.0. The van der Waals surface area contributed by atoms with Crippen molar-refractivity contribution in [2.75, 3.05) is 31.7 Å². The molecule has 0 aliphatic carbocycles. The Balaban J connectivity index is 2.43. The summed E-state index contributed by atoms with van der Waals surface area (Å²) >= 11 is 0. The number of rotatable bonds is 7. The summed E-state index contributed by atoms with van der Waals surface area (Å²) in [5.74, 6) is 0.513. The van der Waals surface area contributed by atoms with Crippen molar-refractivity contribution >= 4 is 11.6 Å². The normalized spacial score (nSPS) is 10.0. The van der Waals surface area contributed by atoms with Crippen LogP contribution in [-0.4, -0.2) is 32.3 Å². The summed E-state index contributed by atoms with van der Waals surface area (Å²) in [6, 6.07) is 7.27. The molecule has 1 aromatic carbocycles. The van der Waals surface area contributed by atoms with E-state index in [0.717, 1.165) is 0 Å². The molecule has 0 aliphatic rings. The van der Waals surface area contributed by atoms with Gasteiger partial charge in [-0.3, -0.25) is 4.79 Å². The summed E-state index contributed by atoms with van der Waals surface area (Å²) in [6.07, 6.45) is 0. The molecule has 1 amide bonds. The van der Waals surface area contributed by atoms with Gasteiger partial charge >= 0.3 is 0 Å². The SMILES string of the molecule is CC(=O)Nc1ccccc1OCCOCCN. The van der Waals surface area contributed by atoms with Crippen LogP contribution in [0.15, 0.2) is 24.3 Å². The number of nitrogens with two attached hydrogens (primary N) is 1. The monoisotopic (exact) mass is 238 g/mol. The van der Waals surface area contributed by atoms with Crippen molar-refractivity contribution in [2.45, 2.75) is 6.92 Å². The number of anilines is 1. The van der Waals surface area contributed by atoms with Gasteiger partial charge in [-0.2, -0.15) is 0 Å². The fourth-order valence-corrected chi connectivity index (χ4v) is 1.28. The lowest BCUT2D eigenvalue weighted by Crippen LogP contribution is -2.14. The number of amides is 1. The number of carbonyl (C=O) groups is 1. The smallest absolute Gasteiger partial charge is 0.221 e. The molecule has 0 heterocycles. The molecule has 0 aromatic heterocycles. The molecule has 94 valence electrons.